The molecule has 0 spiro atoms. The van der Waals surface area contributed by atoms with Crippen LogP contribution in [0.25, 0.3) is 0 Å². The molecular weight excluding hydrogens is 576 g/mol. The number of hydrogen-bond acceptors (Lipinski definition) is 6. The average Bonchev–Trinajstić information content (AvgIpc) is 2.90. The molecule has 0 heterocycles. The summed E-state index contributed by atoms with van der Waals surface area (Å²) in [7, 11) is 0. The van der Waals surface area contributed by atoms with Gasteiger partial charge in [-0.2, -0.15) is 0 Å². The first-order chi connectivity index (χ1) is 21.0. The second-order valence-electron chi connectivity index (χ2n) is 17.5. The van der Waals surface area contributed by atoms with Crippen LogP contribution in [0.15, 0.2) is 47.6 Å². The Hall–Kier alpha value is -2.76. The van der Waals surface area contributed by atoms with Gasteiger partial charge in [0.05, 0.1) is 13.2 Å². The molecule has 6 heteroatoms. The van der Waals surface area contributed by atoms with E-state index in [1.54, 1.807) is 0 Å². The number of Topliss-reactive ketones (excluding diaryl/α,β-unsaturated/α-hetero) is 2. The van der Waals surface area contributed by atoms with Gasteiger partial charge in [-0.05, 0) is 83.2 Å². The van der Waals surface area contributed by atoms with Crippen molar-refractivity contribution in [1.82, 2.24) is 0 Å². The number of hydrogen-bond donors (Lipinski definition) is 0. The SMILES string of the molecule is CC(C)(C)C1=CC(C=CC(=O)OCCCCCCOC(=O)C=CC2C=C(C(C)(C)C)C(=O)C(C(C)(C)C)C2)CC(C(C)(C)C)C1=O. The molecule has 0 amide bonds. The van der Waals surface area contributed by atoms with Crippen LogP contribution in [0.4, 0.5) is 0 Å². The van der Waals surface area contributed by atoms with Crippen molar-refractivity contribution in [3.63, 3.8) is 0 Å². The average molecular weight is 639 g/mol. The minimum Gasteiger partial charge on any atom is -0.463 e. The van der Waals surface area contributed by atoms with Gasteiger partial charge in [0.1, 0.15) is 0 Å². The van der Waals surface area contributed by atoms with Crippen LogP contribution in [0.2, 0.25) is 0 Å². The van der Waals surface area contributed by atoms with Crippen LogP contribution in [-0.4, -0.2) is 36.7 Å². The third kappa shape index (κ3) is 12.1. The maximum atomic E-state index is 13.2. The van der Waals surface area contributed by atoms with Crippen LogP contribution < -0.4 is 0 Å². The lowest BCUT2D eigenvalue weighted by Crippen LogP contribution is -2.37. The van der Waals surface area contributed by atoms with Crippen molar-refractivity contribution < 1.29 is 28.7 Å². The van der Waals surface area contributed by atoms with Gasteiger partial charge in [0.25, 0.3) is 0 Å². The van der Waals surface area contributed by atoms with Crippen LogP contribution in [0, 0.1) is 45.3 Å². The van der Waals surface area contributed by atoms with Crippen molar-refractivity contribution in [3.05, 3.63) is 47.6 Å². The Morgan fingerprint density at radius 2 is 0.935 bits per heavy atom. The molecule has 2 aliphatic rings. The molecule has 2 rings (SSSR count). The molecule has 0 saturated carbocycles. The number of ketones is 2. The summed E-state index contributed by atoms with van der Waals surface area (Å²) < 4.78 is 10.8. The summed E-state index contributed by atoms with van der Waals surface area (Å²) in [6.07, 6.45) is 15.4. The number of carbonyl (C=O) groups excluding carboxylic acids is 4. The van der Waals surface area contributed by atoms with E-state index in [1.165, 1.54) is 12.2 Å². The third-order valence-corrected chi connectivity index (χ3v) is 9.13. The van der Waals surface area contributed by atoms with Gasteiger partial charge in [0, 0.05) is 24.0 Å². The topological polar surface area (TPSA) is 86.7 Å². The summed E-state index contributed by atoms with van der Waals surface area (Å²) >= 11 is 0. The third-order valence-electron chi connectivity index (χ3n) is 9.13. The van der Waals surface area contributed by atoms with Gasteiger partial charge in [-0.1, -0.05) is 107 Å². The van der Waals surface area contributed by atoms with E-state index in [4.69, 9.17) is 9.47 Å². The van der Waals surface area contributed by atoms with Crippen LogP contribution in [0.5, 0.6) is 0 Å². The zero-order chi connectivity index (χ0) is 35.1. The zero-order valence-corrected chi connectivity index (χ0v) is 30.9. The fourth-order valence-electron chi connectivity index (χ4n) is 6.27. The van der Waals surface area contributed by atoms with Crippen LogP contribution in [-0.2, 0) is 28.7 Å². The Morgan fingerprint density at radius 1 is 0.609 bits per heavy atom. The lowest BCUT2D eigenvalue weighted by Gasteiger charge is -2.38. The maximum Gasteiger partial charge on any atom is 0.330 e. The summed E-state index contributed by atoms with van der Waals surface area (Å²) in [6.45, 7) is 25.6. The van der Waals surface area contributed by atoms with Gasteiger partial charge < -0.3 is 9.47 Å². The molecule has 0 aliphatic heterocycles. The van der Waals surface area contributed by atoms with Crippen LogP contribution in [0.1, 0.15) is 122 Å². The van der Waals surface area contributed by atoms with Crippen LogP contribution >= 0.6 is 0 Å². The highest BCUT2D eigenvalue weighted by Gasteiger charge is 2.41. The Bertz CT molecular complexity index is 1120. The van der Waals surface area contributed by atoms with Gasteiger partial charge in [-0.25, -0.2) is 9.59 Å². The summed E-state index contributed by atoms with van der Waals surface area (Å²) in [5.74, 6) is -0.423. The fourth-order valence-corrected chi connectivity index (χ4v) is 6.27. The lowest BCUT2D eigenvalue weighted by atomic mass is 9.65. The molecule has 258 valence electrons. The first kappa shape index (κ1) is 39.4. The van der Waals surface area contributed by atoms with Crippen molar-refractivity contribution in [2.75, 3.05) is 13.2 Å². The number of unbranched alkanes of at least 4 members (excludes halogenated alkanes) is 3. The van der Waals surface area contributed by atoms with Gasteiger partial charge in [0.15, 0.2) is 11.6 Å². The zero-order valence-electron chi connectivity index (χ0n) is 30.9. The van der Waals surface area contributed by atoms with Crippen molar-refractivity contribution >= 4 is 23.5 Å². The monoisotopic (exact) mass is 638 g/mol. The number of allylic oxidation sites excluding steroid dienone is 6. The molecular formula is C40H62O6. The minimum absolute atomic E-state index is 0.0194. The molecule has 2 aliphatic carbocycles. The lowest BCUT2D eigenvalue weighted by molar-refractivity contribution is -0.139. The van der Waals surface area contributed by atoms with Gasteiger partial charge in [-0.15, -0.1) is 0 Å². The van der Waals surface area contributed by atoms with Crippen LogP contribution in [0.3, 0.4) is 0 Å². The first-order valence-corrected chi connectivity index (χ1v) is 17.2. The fraction of sp³-hybridized carbons (Fsp3) is 0.700. The van der Waals surface area contributed by atoms with E-state index in [-0.39, 0.29) is 68.8 Å². The van der Waals surface area contributed by atoms with Crippen molar-refractivity contribution in [3.8, 4) is 0 Å². The smallest absolute Gasteiger partial charge is 0.330 e. The van der Waals surface area contributed by atoms with Crippen molar-refractivity contribution in [1.29, 1.82) is 0 Å². The molecule has 0 N–H and O–H groups in total. The van der Waals surface area contributed by atoms with Gasteiger partial charge in [0.2, 0.25) is 0 Å². The summed E-state index contributed by atoms with van der Waals surface area (Å²) in [5.41, 5.74) is 0.892. The van der Waals surface area contributed by atoms with Gasteiger partial charge >= 0.3 is 11.9 Å². The normalized spacial score (nSPS) is 23.5. The highest BCUT2D eigenvalue weighted by molar-refractivity contribution is 6.00. The molecule has 46 heavy (non-hydrogen) atoms. The maximum absolute atomic E-state index is 13.2. The van der Waals surface area contributed by atoms with E-state index < -0.39 is 0 Å². The van der Waals surface area contributed by atoms with Crippen molar-refractivity contribution in [2.45, 2.75) is 122 Å². The standard InChI is InChI=1S/C40H62O6/c1-37(2,3)29-23-27(24-30(35(29)43)38(4,5)6)17-19-33(41)45-21-15-13-14-16-22-46-34(42)20-18-28-25-31(39(7,8)9)36(44)32(26-28)40(10,11)12/h17-20,23,25,27-28,30,32H,13-16,21-22,24,26H2,1-12H3. The summed E-state index contributed by atoms with van der Waals surface area (Å²) in [6, 6.07) is 0. The minimum atomic E-state index is -0.365. The Morgan fingerprint density at radius 3 is 1.22 bits per heavy atom. The Balaban J connectivity index is 1.73. The van der Waals surface area contributed by atoms with Gasteiger partial charge in [-0.3, -0.25) is 9.59 Å². The predicted molar refractivity (Wildman–Crippen MR) is 186 cm³/mol. The number of esters is 2. The quantitative estimate of drug-likeness (QED) is 0.127. The molecule has 6 nitrogen and oxygen atoms in total. The molecule has 4 atom stereocenters. The number of carbonyl (C=O) groups is 4. The Kier molecular flexibility index (Phi) is 13.6. The number of rotatable bonds is 11. The summed E-state index contributed by atoms with van der Waals surface area (Å²) in [4.78, 5) is 51.0. The molecule has 0 aromatic rings. The largest absolute Gasteiger partial charge is 0.463 e. The predicted octanol–water partition coefficient (Wildman–Crippen LogP) is 9.19. The molecule has 4 unspecified atom stereocenters. The molecule has 0 aromatic carbocycles. The van der Waals surface area contributed by atoms with E-state index in [2.05, 4.69) is 83.1 Å². The first-order valence-electron chi connectivity index (χ1n) is 17.2. The van der Waals surface area contributed by atoms with Crippen molar-refractivity contribution in [2.24, 2.45) is 45.3 Å². The highest BCUT2D eigenvalue weighted by atomic mass is 16.5. The van der Waals surface area contributed by atoms with E-state index in [0.29, 0.717) is 26.1 Å². The molecule has 0 radical (unpaired) electrons. The molecule has 0 bridgehead atoms. The molecule has 0 fully saturated rings. The van der Waals surface area contributed by atoms with E-state index >= 15 is 0 Å². The number of ether oxygens (including phenoxy) is 2. The molecule has 0 saturated heterocycles. The second-order valence-corrected chi connectivity index (χ2v) is 17.5. The Labute approximate surface area is 279 Å². The van der Waals surface area contributed by atoms with E-state index in [9.17, 15) is 19.2 Å². The molecule has 0 aromatic heterocycles. The van der Waals surface area contributed by atoms with E-state index in [1.807, 2.05) is 24.3 Å². The highest BCUT2D eigenvalue weighted by Crippen LogP contribution is 2.44. The van der Waals surface area contributed by atoms with E-state index in [0.717, 1.165) is 36.8 Å². The summed E-state index contributed by atoms with van der Waals surface area (Å²) in [5, 5.41) is 0. The second kappa shape index (κ2) is 15.9.